The Bertz CT molecular complexity index is 802. The average molecular weight is 327 g/mol. The van der Waals surface area contributed by atoms with Crippen molar-refractivity contribution in [2.75, 3.05) is 0 Å². The van der Waals surface area contributed by atoms with Crippen LogP contribution in [0.4, 0.5) is 4.39 Å². The van der Waals surface area contributed by atoms with Crippen molar-refractivity contribution in [1.82, 2.24) is 15.5 Å². The molecule has 116 valence electrons. The third-order valence-corrected chi connectivity index (χ3v) is 4.33. The van der Waals surface area contributed by atoms with Gasteiger partial charge in [0.15, 0.2) is 0 Å². The Morgan fingerprint density at radius 3 is 2.48 bits per heavy atom. The lowest BCUT2D eigenvalue weighted by Crippen LogP contribution is -2.26. The molecule has 0 aliphatic heterocycles. The normalized spacial score (nSPS) is 11.9. The summed E-state index contributed by atoms with van der Waals surface area (Å²) in [6.07, 6.45) is 0. The number of aromatic nitrogens is 2. The number of nitrogens with one attached hydrogen (secondary N) is 1. The zero-order valence-corrected chi connectivity index (χ0v) is 13.2. The smallest absolute Gasteiger partial charge is 0.282 e. The van der Waals surface area contributed by atoms with Crippen molar-refractivity contribution in [2.45, 2.75) is 13.0 Å². The summed E-state index contributed by atoms with van der Waals surface area (Å²) in [6.45, 7) is 1.91. The van der Waals surface area contributed by atoms with Crippen LogP contribution < -0.4 is 5.32 Å². The fraction of sp³-hybridized carbons (Fsp3) is 0.118. The molecule has 1 heterocycles. The van der Waals surface area contributed by atoms with Crippen molar-refractivity contribution in [2.24, 2.45) is 0 Å². The van der Waals surface area contributed by atoms with Gasteiger partial charge >= 0.3 is 0 Å². The summed E-state index contributed by atoms with van der Waals surface area (Å²) in [5.74, 6) is -0.583. The van der Waals surface area contributed by atoms with Crippen molar-refractivity contribution in [3.05, 3.63) is 71.0 Å². The number of carbonyl (C=O) groups excluding carboxylic acids is 1. The number of hydrogen-bond acceptors (Lipinski definition) is 4. The van der Waals surface area contributed by atoms with E-state index >= 15 is 0 Å². The summed E-state index contributed by atoms with van der Waals surface area (Å²) >= 11 is 1.18. The SMILES string of the molecule is C[C@@H](NC(=O)c1nnc(-c2ccc(F)cc2)s1)c1ccccc1. The van der Waals surface area contributed by atoms with Gasteiger partial charge in [-0.1, -0.05) is 41.7 Å². The molecule has 0 spiro atoms. The van der Waals surface area contributed by atoms with Gasteiger partial charge in [0, 0.05) is 5.56 Å². The number of carbonyl (C=O) groups is 1. The van der Waals surface area contributed by atoms with E-state index in [0.29, 0.717) is 5.01 Å². The van der Waals surface area contributed by atoms with Crippen LogP contribution in [0.1, 0.15) is 28.3 Å². The van der Waals surface area contributed by atoms with Gasteiger partial charge < -0.3 is 5.32 Å². The molecule has 0 bridgehead atoms. The maximum atomic E-state index is 12.9. The van der Waals surface area contributed by atoms with Gasteiger partial charge in [0.2, 0.25) is 5.01 Å². The molecule has 1 atom stereocenters. The van der Waals surface area contributed by atoms with Crippen LogP contribution in [0.25, 0.3) is 10.6 Å². The lowest BCUT2D eigenvalue weighted by atomic mass is 10.1. The summed E-state index contributed by atoms with van der Waals surface area (Å²) in [5.41, 5.74) is 1.75. The van der Waals surface area contributed by atoms with Crippen molar-refractivity contribution >= 4 is 17.2 Å². The number of nitrogens with zero attached hydrogens (tertiary/aromatic N) is 2. The van der Waals surface area contributed by atoms with E-state index in [4.69, 9.17) is 0 Å². The Kier molecular flexibility index (Phi) is 4.43. The van der Waals surface area contributed by atoms with Crippen molar-refractivity contribution in [3.63, 3.8) is 0 Å². The Labute approximate surface area is 137 Å². The van der Waals surface area contributed by atoms with Gasteiger partial charge in [0.1, 0.15) is 10.8 Å². The molecular formula is C17H14FN3OS. The standard InChI is InChI=1S/C17H14FN3OS/c1-11(12-5-3-2-4-6-12)19-15(22)17-21-20-16(23-17)13-7-9-14(18)10-8-13/h2-11H,1H3,(H,19,22)/t11-/m1/s1. The molecule has 0 aliphatic carbocycles. The zero-order valence-electron chi connectivity index (χ0n) is 12.4. The second-order valence-electron chi connectivity index (χ2n) is 5.03. The molecular weight excluding hydrogens is 313 g/mol. The minimum absolute atomic E-state index is 0.123. The first kappa shape index (κ1) is 15.3. The summed E-state index contributed by atoms with van der Waals surface area (Å²) in [5, 5.41) is 11.7. The van der Waals surface area contributed by atoms with Crippen LogP contribution in [0, 0.1) is 5.82 Å². The topological polar surface area (TPSA) is 54.9 Å². The van der Waals surface area contributed by atoms with E-state index in [1.54, 1.807) is 12.1 Å². The second-order valence-corrected chi connectivity index (χ2v) is 6.00. The first-order valence-corrected chi connectivity index (χ1v) is 7.90. The summed E-state index contributed by atoms with van der Waals surface area (Å²) in [4.78, 5) is 12.3. The van der Waals surface area contributed by atoms with E-state index in [2.05, 4.69) is 15.5 Å². The van der Waals surface area contributed by atoms with E-state index in [0.717, 1.165) is 11.1 Å². The minimum Gasteiger partial charge on any atom is -0.343 e. The Morgan fingerprint density at radius 2 is 1.78 bits per heavy atom. The number of hydrogen-bond donors (Lipinski definition) is 1. The number of amides is 1. The Balaban J connectivity index is 1.72. The molecule has 1 aromatic heterocycles. The first-order valence-electron chi connectivity index (χ1n) is 7.09. The Morgan fingerprint density at radius 1 is 1.09 bits per heavy atom. The van der Waals surface area contributed by atoms with E-state index in [9.17, 15) is 9.18 Å². The van der Waals surface area contributed by atoms with Crippen LogP contribution in [0.15, 0.2) is 54.6 Å². The first-order chi connectivity index (χ1) is 11.1. The summed E-state index contributed by atoms with van der Waals surface area (Å²) in [7, 11) is 0. The fourth-order valence-electron chi connectivity index (χ4n) is 2.11. The molecule has 0 fully saturated rings. The molecule has 0 saturated heterocycles. The quantitative estimate of drug-likeness (QED) is 0.792. The fourth-order valence-corrected chi connectivity index (χ4v) is 2.86. The largest absolute Gasteiger partial charge is 0.343 e. The molecule has 2 aromatic carbocycles. The van der Waals surface area contributed by atoms with E-state index in [1.165, 1.54) is 23.5 Å². The molecule has 0 radical (unpaired) electrons. The maximum absolute atomic E-state index is 12.9. The molecule has 6 heteroatoms. The number of rotatable bonds is 4. The highest BCUT2D eigenvalue weighted by atomic mass is 32.1. The number of benzene rings is 2. The van der Waals surface area contributed by atoms with Gasteiger partial charge in [-0.2, -0.15) is 0 Å². The number of halogens is 1. The zero-order chi connectivity index (χ0) is 16.2. The van der Waals surface area contributed by atoms with Gasteiger partial charge in [-0.25, -0.2) is 4.39 Å². The third-order valence-electron chi connectivity index (χ3n) is 3.36. The summed E-state index contributed by atoms with van der Waals surface area (Å²) in [6, 6.07) is 15.5. The molecule has 3 rings (SSSR count). The molecule has 0 unspecified atom stereocenters. The van der Waals surface area contributed by atoms with Gasteiger partial charge in [-0.05, 0) is 36.8 Å². The van der Waals surface area contributed by atoms with Gasteiger partial charge in [-0.15, -0.1) is 10.2 Å². The molecule has 1 amide bonds. The van der Waals surface area contributed by atoms with Crippen LogP contribution in [-0.4, -0.2) is 16.1 Å². The van der Waals surface area contributed by atoms with Crippen LogP contribution >= 0.6 is 11.3 Å². The monoisotopic (exact) mass is 327 g/mol. The molecule has 4 nitrogen and oxygen atoms in total. The Hall–Kier alpha value is -2.60. The van der Waals surface area contributed by atoms with Crippen molar-refractivity contribution < 1.29 is 9.18 Å². The van der Waals surface area contributed by atoms with Crippen LogP contribution in [-0.2, 0) is 0 Å². The minimum atomic E-state index is -0.312. The van der Waals surface area contributed by atoms with Crippen LogP contribution in [0.3, 0.4) is 0 Å². The van der Waals surface area contributed by atoms with Gasteiger partial charge in [0.05, 0.1) is 6.04 Å². The van der Waals surface area contributed by atoms with Crippen LogP contribution in [0.5, 0.6) is 0 Å². The highest BCUT2D eigenvalue weighted by Gasteiger charge is 2.16. The molecule has 0 saturated carbocycles. The van der Waals surface area contributed by atoms with Crippen molar-refractivity contribution in [3.8, 4) is 10.6 Å². The predicted molar refractivity (Wildman–Crippen MR) is 87.6 cm³/mol. The summed E-state index contributed by atoms with van der Waals surface area (Å²) < 4.78 is 12.9. The highest BCUT2D eigenvalue weighted by molar-refractivity contribution is 7.16. The van der Waals surface area contributed by atoms with Crippen molar-refractivity contribution in [1.29, 1.82) is 0 Å². The van der Waals surface area contributed by atoms with E-state index < -0.39 is 0 Å². The van der Waals surface area contributed by atoms with E-state index in [-0.39, 0.29) is 22.8 Å². The van der Waals surface area contributed by atoms with Gasteiger partial charge in [0.25, 0.3) is 5.91 Å². The van der Waals surface area contributed by atoms with E-state index in [1.807, 2.05) is 37.3 Å². The lowest BCUT2D eigenvalue weighted by molar-refractivity contribution is 0.0939. The lowest BCUT2D eigenvalue weighted by Gasteiger charge is -2.12. The third kappa shape index (κ3) is 3.60. The molecule has 3 aromatic rings. The second kappa shape index (κ2) is 6.66. The molecule has 23 heavy (non-hydrogen) atoms. The highest BCUT2D eigenvalue weighted by Crippen LogP contribution is 2.24. The predicted octanol–water partition coefficient (Wildman–Crippen LogP) is 3.84. The average Bonchev–Trinajstić information content (AvgIpc) is 3.06. The van der Waals surface area contributed by atoms with Crippen LogP contribution in [0.2, 0.25) is 0 Å². The molecule has 1 N–H and O–H groups in total. The van der Waals surface area contributed by atoms with Gasteiger partial charge in [-0.3, -0.25) is 4.79 Å². The maximum Gasteiger partial charge on any atom is 0.282 e. The molecule has 0 aliphatic rings.